The molecular formula is C3H16N3O6P. The lowest BCUT2D eigenvalue weighted by Gasteiger charge is -1.82. The highest BCUT2D eigenvalue weighted by Gasteiger charge is 2.00. The maximum atomic E-state index is 9.25. The number of carbonyl (C=O) groups is 1. The van der Waals surface area contributed by atoms with Crippen molar-refractivity contribution in [2.45, 2.75) is 0 Å². The fraction of sp³-hybridized carbons (Fsp3) is 0. The third-order valence-electron chi connectivity index (χ3n) is 0.175. The van der Waals surface area contributed by atoms with Gasteiger partial charge in [0.05, 0.1) is 0 Å². The Morgan fingerprint density at radius 2 is 1.23 bits per heavy atom. The predicted octanol–water partition coefficient (Wildman–Crippen LogP) is -0.186. The molecule has 0 saturated carbocycles. The molecule has 0 aliphatic rings. The Hall–Kier alpha value is -0.800. The van der Waals surface area contributed by atoms with Crippen molar-refractivity contribution in [1.82, 2.24) is 18.5 Å². The van der Waals surface area contributed by atoms with Crippen LogP contribution in [-0.4, -0.2) is 25.8 Å². The quantitative estimate of drug-likeness (QED) is 0.230. The van der Waals surface area contributed by atoms with Gasteiger partial charge in [0.25, 0.3) is 0 Å². The molecule has 13 N–H and O–H groups in total. The molecule has 0 aliphatic carbocycles. The second-order valence-electron chi connectivity index (χ2n) is 1.06. The number of carboxylic acids is 1. The van der Waals surface area contributed by atoms with Crippen LogP contribution in [0.1, 0.15) is 0 Å². The first kappa shape index (κ1) is 29.5. The highest BCUT2D eigenvalue weighted by Crippen LogP contribution is 2.25. The van der Waals surface area contributed by atoms with Crippen molar-refractivity contribution in [1.29, 1.82) is 0 Å². The zero-order valence-corrected chi connectivity index (χ0v) is 7.85. The van der Waals surface area contributed by atoms with E-state index in [9.17, 15) is 4.79 Å². The van der Waals surface area contributed by atoms with Crippen LogP contribution in [-0.2, 0) is 9.36 Å². The largest absolute Gasteiger partial charge is 0.478 e. The lowest BCUT2D eigenvalue weighted by molar-refractivity contribution is -0.131. The summed E-state index contributed by atoms with van der Waals surface area (Å²) in [6, 6.07) is 0. The number of aliphatic carboxylic acids is 1. The molecule has 0 radical (unpaired) electrons. The first-order valence-electron chi connectivity index (χ1n) is 1.91. The minimum Gasteiger partial charge on any atom is -0.478 e. The zero-order chi connectivity index (χ0) is 8.78. The molecule has 0 spiro atoms. The van der Waals surface area contributed by atoms with Crippen molar-refractivity contribution in [3.63, 3.8) is 0 Å². The van der Waals surface area contributed by atoms with Gasteiger partial charge in [0.2, 0.25) is 0 Å². The summed E-state index contributed by atoms with van der Waals surface area (Å²) in [4.78, 5) is 30.8. The molecule has 0 amide bonds. The third kappa shape index (κ3) is 658. The lowest BCUT2D eigenvalue weighted by Crippen LogP contribution is -1.82. The van der Waals surface area contributed by atoms with Gasteiger partial charge in [0.15, 0.2) is 0 Å². The van der Waals surface area contributed by atoms with Crippen molar-refractivity contribution in [2.75, 3.05) is 0 Å². The van der Waals surface area contributed by atoms with E-state index in [0.29, 0.717) is 0 Å². The average molecular weight is 221 g/mol. The molecule has 0 fully saturated rings. The summed E-state index contributed by atoms with van der Waals surface area (Å²) in [5.74, 6) is -0.981. The van der Waals surface area contributed by atoms with Gasteiger partial charge >= 0.3 is 13.8 Å². The van der Waals surface area contributed by atoms with Crippen molar-refractivity contribution < 1.29 is 29.1 Å². The molecule has 0 atom stereocenters. The number of carboxylic acid groups (broad SMARTS) is 1. The van der Waals surface area contributed by atoms with Crippen LogP contribution in [0, 0.1) is 0 Å². The smallest absolute Gasteiger partial charge is 0.466 e. The van der Waals surface area contributed by atoms with Gasteiger partial charge in [-0.1, -0.05) is 6.58 Å². The molecular weight excluding hydrogens is 205 g/mol. The third-order valence-corrected chi connectivity index (χ3v) is 0.175. The molecule has 10 heteroatoms. The number of rotatable bonds is 1. The Labute approximate surface area is 75.1 Å². The molecule has 0 unspecified atom stereocenters. The fourth-order valence-corrected chi connectivity index (χ4v) is 0. The second kappa shape index (κ2) is 13.8. The van der Waals surface area contributed by atoms with E-state index in [1.54, 1.807) is 0 Å². The fourth-order valence-electron chi connectivity index (χ4n) is 0. The SMILES string of the molecule is C=CC(=O)O.N.N.N.O=P(O)(O)O. The van der Waals surface area contributed by atoms with Gasteiger partial charge in [-0.25, -0.2) is 9.36 Å². The molecule has 0 aromatic heterocycles. The van der Waals surface area contributed by atoms with Gasteiger partial charge in [-0.05, 0) is 0 Å². The van der Waals surface area contributed by atoms with E-state index in [1.165, 1.54) is 0 Å². The van der Waals surface area contributed by atoms with E-state index in [2.05, 4.69) is 6.58 Å². The Balaban J connectivity index is -0.0000000267. The van der Waals surface area contributed by atoms with E-state index < -0.39 is 13.8 Å². The molecule has 13 heavy (non-hydrogen) atoms. The molecule has 0 heterocycles. The minimum atomic E-state index is -4.64. The second-order valence-corrected chi connectivity index (χ2v) is 2.08. The van der Waals surface area contributed by atoms with Crippen LogP contribution in [0.3, 0.4) is 0 Å². The molecule has 9 nitrogen and oxygen atoms in total. The van der Waals surface area contributed by atoms with Gasteiger partial charge in [-0.2, -0.15) is 0 Å². The van der Waals surface area contributed by atoms with Crippen LogP contribution in [0.5, 0.6) is 0 Å². The Kier molecular flexibility index (Phi) is 31.3. The zero-order valence-electron chi connectivity index (χ0n) is 6.96. The van der Waals surface area contributed by atoms with Crippen LogP contribution in [0.25, 0.3) is 0 Å². The standard InChI is InChI=1S/C3H4O2.3H3N.H3O4P/c1-2-3(4)5;;;;1-5(2,3)4/h2H,1H2,(H,4,5);3*1H3;(H3,1,2,3,4). The van der Waals surface area contributed by atoms with E-state index >= 15 is 0 Å². The van der Waals surface area contributed by atoms with E-state index in [4.69, 9.17) is 24.4 Å². The van der Waals surface area contributed by atoms with Gasteiger partial charge in [-0.3, -0.25) is 0 Å². The molecule has 0 rings (SSSR count). The van der Waals surface area contributed by atoms with E-state index in [-0.39, 0.29) is 18.5 Å². The minimum absolute atomic E-state index is 0. The molecule has 0 saturated heterocycles. The summed E-state index contributed by atoms with van der Waals surface area (Å²) in [5.41, 5.74) is 0. The molecule has 84 valence electrons. The Bertz CT molecular complexity index is 158. The van der Waals surface area contributed by atoms with Crippen molar-refractivity contribution in [3.8, 4) is 0 Å². The van der Waals surface area contributed by atoms with Gasteiger partial charge in [-0.15, -0.1) is 0 Å². The summed E-state index contributed by atoms with van der Waals surface area (Å²) in [6.07, 6.45) is 0.833. The number of hydrogen-bond donors (Lipinski definition) is 7. The number of phosphoric acid groups is 1. The highest BCUT2D eigenvalue weighted by molar-refractivity contribution is 7.45. The predicted molar refractivity (Wildman–Crippen MR) is 47.2 cm³/mol. The first-order valence-corrected chi connectivity index (χ1v) is 3.47. The van der Waals surface area contributed by atoms with Crippen LogP contribution >= 0.6 is 7.82 Å². The lowest BCUT2D eigenvalue weighted by atomic mass is 10.7. The molecule has 0 aromatic carbocycles. The van der Waals surface area contributed by atoms with Crippen molar-refractivity contribution in [3.05, 3.63) is 12.7 Å². The summed E-state index contributed by atoms with van der Waals surface area (Å²) < 4.78 is 8.88. The topological polar surface area (TPSA) is 220 Å². The van der Waals surface area contributed by atoms with Crippen molar-refractivity contribution >= 4 is 13.8 Å². The summed E-state index contributed by atoms with van der Waals surface area (Å²) >= 11 is 0. The van der Waals surface area contributed by atoms with Crippen molar-refractivity contribution in [2.24, 2.45) is 0 Å². The van der Waals surface area contributed by atoms with E-state index in [1.807, 2.05) is 0 Å². The average Bonchev–Trinajstić information content (AvgIpc) is 1.61. The Morgan fingerprint density at radius 3 is 1.23 bits per heavy atom. The maximum Gasteiger partial charge on any atom is 0.466 e. The van der Waals surface area contributed by atoms with Crippen LogP contribution in [0.4, 0.5) is 0 Å². The maximum absolute atomic E-state index is 9.25. The highest BCUT2D eigenvalue weighted by atomic mass is 31.2. The summed E-state index contributed by atoms with van der Waals surface area (Å²) in [7, 11) is -4.64. The van der Waals surface area contributed by atoms with Crippen LogP contribution in [0.2, 0.25) is 0 Å². The van der Waals surface area contributed by atoms with Gasteiger partial charge in [0.1, 0.15) is 0 Å². The monoisotopic (exact) mass is 221 g/mol. The normalized spacial score (nSPS) is 7.00. The molecule has 0 aromatic rings. The molecule has 0 bridgehead atoms. The van der Waals surface area contributed by atoms with Gasteiger partial charge < -0.3 is 38.2 Å². The summed E-state index contributed by atoms with van der Waals surface area (Å²) in [6.45, 7) is 2.96. The summed E-state index contributed by atoms with van der Waals surface area (Å²) in [5, 5.41) is 7.60. The van der Waals surface area contributed by atoms with Crippen LogP contribution in [0.15, 0.2) is 12.7 Å². The van der Waals surface area contributed by atoms with Crippen LogP contribution < -0.4 is 18.5 Å². The van der Waals surface area contributed by atoms with Gasteiger partial charge in [0, 0.05) is 6.08 Å². The number of hydrogen-bond acceptors (Lipinski definition) is 5. The van der Waals surface area contributed by atoms with E-state index in [0.717, 1.165) is 6.08 Å². The molecule has 0 aliphatic heterocycles. The first-order chi connectivity index (χ1) is 4.27. The Morgan fingerprint density at radius 1 is 1.15 bits per heavy atom.